The molecule has 88 valence electrons. The van der Waals surface area contributed by atoms with Crippen molar-refractivity contribution in [3.8, 4) is 0 Å². The van der Waals surface area contributed by atoms with Crippen LogP contribution in [0.5, 0.6) is 0 Å². The van der Waals surface area contributed by atoms with Crippen LogP contribution in [-0.2, 0) is 4.74 Å². The Morgan fingerprint density at radius 1 is 1.33 bits per heavy atom. The summed E-state index contributed by atoms with van der Waals surface area (Å²) in [6.07, 6.45) is 5.98. The summed E-state index contributed by atoms with van der Waals surface area (Å²) in [5.41, 5.74) is 5.87. The highest BCUT2D eigenvalue weighted by Gasteiger charge is 2.33. The van der Waals surface area contributed by atoms with E-state index in [0.717, 1.165) is 12.5 Å². The maximum Gasteiger partial charge on any atom is 0.0746 e. The molecule has 0 radical (unpaired) electrons. The van der Waals surface area contributed by atoms with Gasteiger partial charge in [-0.15, -0.1) is 0 Å². The number of ether oxygens (including phenoxy) is 1. The average Bonchev–Trinajstić information content (AvgIpc) is 2.90. The highest BCUT2D eigenvalue weighted by molar-refractivity contribution is 4.87. The first-order valence-electron chi connectivity index (χ1n) is 6.26. The Kier molecular flexibility index (Phi) is 3.65. The Morgan fingerprint density at radius 2 is 2.07 bits per heavy atom. The van der Waals surface area contributed by atoms with Gasteiger partial charge in [-0.05, 0) is 45.6 Å². The summed E-state index contributed by atoms with van der Waals surface area (Å²) in [6.45, 7) is 4.09. The molecular weight excluding hydrogens is 188 g/mol. The van der Waals surface area contributed by atoms with Crippen molar-refractivity contribution in [2.75, 3.05) is 20.1 Å². The number of rotatable bonds is 5. The first-order chi connectivity index (χ1) is 7.20. The third-order valence-corrected chi connectivity index (χ3v) is 3.74. The van der Waals surface area contributed by atoms with Gasteiger partial charge in [0, 0.05) is 19.1 Å². The molecule has 0 aromatic rings. The van der Waals surface area contributed by atoms with E-state index in [9.17, 15) is 0 Å². The van der Waals surface area contributed by atoms with Crippen molar-refractivity contribution in [2.45, 2.75) is 50.9 Å². The summed E-state index contributed by atoms with van der Waals surface area (Å²) < 4.78 is 5.92. The number of hydrogen-bond acceptors (Lipinski definition) is 3. The molecule has 3 atom stereocenters. The lowest BCUT2D eigenvalue weighted by Crippen LogP contribution is -2.47. The smallest absolute Gasteiger partial charge is 0.0746 e. The molecule has 0 aromatic heterocycles. The van der Waals surface area contributed by atoms with E-state index in [2.05, 4.69) is 18.9 Å². The molecule has 0 amide bonds. The lowest BCUT2D eigenvalue weighted by atomic mass is 10.1. The van der Waals surface area contributed by atoms with Crippen molar-refractivity contribution < 1.29 is 4.74 Å². The molecule has 15 heavy (non-hydrogen) atoms. The van der Waals surface area contributed by atoms with E-state index < -0.39 is 0 Å². The van der Waals surface area contributed by atoms with E-state index in [1.54, 1.807) is 0 Å². The quantitative estimate of drug-likeness (QED) is 0.745. The topological polar surface area (TPSA) is 38.5 Å². The van der Waals surface area contributed by atoms with E-state index >= 15 is 0 Å². The highest BCUT2D eigenvalue weighted by atomic mass is 16.5. The molecule has 1 saturated carbocycles. The molecule has 1 aliphatic carbocycles. The molecule has 2 rings (SSSR count). The van der Waals surface area contributed by atoms with Crippen LogP contribution in [0.2, 0.25) is 0 Å². The first kappa shape index (κ1) is 11.4. The zero-order valence-corrected chi connectivity index (χ0v) is 9.98. The van der Waals surface area contributed by atoms with Gasteiger partial charge in [-0.2, -0.15) is 0 Å². The van der Waals surface area contributed by atoms with Gasteiger partial charge in [-0.1, -0.05) is 0 Å². The summed E-state index contributed by atoms with van der Waals surface area (Å²) in [7, 11) is 2.20. The second-order valence-electron chi connectivity index (χ2n) is 5.25. The van der Waals surface area contributed by atoms with Crippen LogP contribution in [0.15, 0.2) is 0 Å². The minimum atomic E-state index is 0.369. The minimum Gasteiger partial charge on any atom is -0.374 e. The van der Waals surface area contributed by atoms with Crippen molar-refractivity contribution in [3.63, 3.8) is 0 Å². The predicted octanol–water partition coefficient (Wildman–Crippen LogP) is 1.22. The fourth-order valence-electron chi connectivity index (χ4n) is 2.58. The molecular formula is C12H24N2O. The summed E-state index contributed by atoms with van der Waals surface area (Å²) in [6, 6.07) is 0.426. The van der Waals surface area contributed by atoms with Crippen molar-refractivity contribution in [1.82, 2.24) is 4.90 Å². The van der Waals surface area contributed by atoms with Crippen LogP contribution in [0, 0.1) is 5.92 Å². The fraction of sp³-hybridized carbons (Fsp3) is 1.00. The SMILES string of the molecule is CC1CCC(C(CN)N(C)CC2CC2)O1. The van der Waals surface area contributed by atoms with Gasteiger partial charge in [0.2, 0.25) is 0 Å². The van der Waals surface area contributed by atoms with Crippen LogP contribution in [0.25, 0.3) is 0 Å². The third kappa shape index (κ3) is 2.92. The fourth-order valence-corrected chi connectivity index (χ4v) is 2.58. The number of likely N-dealkylation sites (N-methyl/N-ethyl adjacent to an activating group) is 1. The van der Waals surface area contributed by atoms with Gasteiger partial charge in [-0.25, -0.2) is 0 Å². The van der Waals surface area contributed by atoms with Crippen LogP contribution >= 0.6 is 0 Å². The zero-order valence-electron chi connectivity index (χ0n) is 9.98. The van der Waals surface area contributed by atoms with Crippen LogP contribution in [-0.4, -0.2) is 43.3 Å². The molecule has 3 unspecified atom stereocenters. The van der Waals surface area contributed by atoms with Crippen molar-refractivity contribution in [2.24, 2.45) is 11.7 Å². The molecule has 3 heteroatoms. The van der Waals surface area contributed by atoms with Gasteiger partial charge in [0.15, 0.2) is 0 Å². The third-order valence-electron chi connectivity index (χ3n) is 3.74. The van der Waals surface area contributed by atoms with Crippen molar-refractivity contribution in [3.05, 3.63) is 0 Å². The van der Waals surface area contributed by atoms with Crippen LogP contribution in [0.1, 0.15) is 32.6 Å². The number of nitrogens with zero attached hydrogens (tertiary/aromatic N) is 1. The first-order valence-corrected chi connectivity index (χ1v) is 6.26. The largest absolute Gasteiger partial charge is 0.374 e. The molecule has 1 aliphatic heterocycles. The van der Waals surface area contributed by atoms with E-state index in [4.69, 9.17) is 10.5 Å². The normalized spacial score (nSPS) is 33.6. The molecule has 3 nitrogen and oxygen atoms in total. The molecule has 0 bridgehead atoms. The van der Waals surface area contributed by atoms with Gasteiger partial charge in [0.05, 0.1) is 12.2 Å². The number of nitrogens with two attached hydrogens (primary N) is 1. The van der Waals surface area contributed by atoms with E-state index in [-0.39, 0.29) is 0 Å². The Bertz CT molecular complexity index is 206. The highest BCUT2D eigenvalue weighted by Crippen LogP contribution is 2.31. The lowest BCUT2D eigenvalue weighted by Gasteiger charge is -2.31. The molecule has 1 heterocycles. The minimum absolute atomic E-state index is 0.369. The molecule has 2 aliphatic rings. The van der Waals surface area contributed by atoms with Crippen molar-refractivity contribution in [1.29, 1.82) is 0 Å². The van der Waals surface area contributed by atoms with Gasteiger partial charge in [-0.3, -0.25) is 4.90 Å². The van der Waals surface area contributed by atoms with E-state index in [1.165, 1.54) is 32.2 Å². The van der Waals surface area contributed by atoms with E-state index in [1.807, 2.05) is 0 Å². The monoisotopic (exact) mass is 212 g/mol. The van der Waals surface area contributed by atoms with Gasteiger partial charge < -0.3 is 10.5 Å². The molecule has 0 aromatic carbocycles. The second kappa shape index (κ2) is 4.81. The molecule has 2 N–H and O–H groups in total. The number of hydrogen-bond donors (Lipinski definition) is 1. The Labute approximate surface area is 93.0 Å². The van der Waals surface area contributed by atoms with Gasteiger partial charge >= 0.3 is 0 Å². The van der Waals surface area contributed by atoms with Gasteiger partial charge in [0.1, 0.15) is 0 Å². The summed E-state index contributed by atoms with van der Waals surface area (Å²) in [5.74, 6) is 0.933. The molecule has 1 saturated heterocycles. The average molecular weight is 212 g/mol. The maximum atomic E-state index is 5.92. The lowest BCUT2D eigenvalue weighted by molar-refractivity contribution is 0.00184. The van der Waals surface area contributed by atoms with Crippen molar-refractivity contribution >= 4 is 0 Å². The summed E-state index contributed by atoms with van der Waals surface area (Å²) >= 11 is 0. The van der Waals surface area contributed by atoms with Crippen LogP contribution in [0.3, 0.4) is 0 Å². The Hall–Kier alpha value is -0.120. The van der Waals surface area contributed by atoms with Gasteiger partial charge in [0.25, 0.3) is 0 Å². The predicted molar refractivity (Wildman–Crippen MR) is 61.8 cm³/mol. The molecule has 2 fully saturated rings. The Balaban J connectivity index is 1.84. The summed E-state index contributed by atoms with van der Waals surface area (Å²) in [4.78, 5) is 2.42. The second-order valence-corrected chi connectivity index (χ2v) is 5.25. The summed E-state index contributed by atoms with van der Waals surface area (Å²) in [5, 5.41) is 0. The van der Waals surface area contributed by atoms with Crippen LogP contribution < -0.4 is 5.73 Å². The van der Waals surface area contributed by atoms with E-state index in [0.29, 0.717) is 18.2 Å². The zero-order chi connectivity index (χ0) is 10.8. The Morgan fingerprint density at radius 3 is 2.53 bits per heavy atom. The maximum absolute atomic E-state index is 5.92. The molecule has 0 spiro atoms. The van der Waals surface area contributed by atoms with Crippen LogP contribution in [0.4, 0.5) is 0 Å². The standard InChI is InChI=1S/C12H24N2O/c1-9-3-6-12(15-9)11(7-13)14(2)8-10-4-5-10/h9-12H,3-8,13H2,1-2H3.